The van der Waals surface area contributed by atoms with Crippen molar-refractivity contribution in [1.29, 1.82) is 0 Å². The van der Waals surface area contributed by atoms with Crippen molar-refractivity contribution >= 4 is 44.9 Å². The van der Waals surface area contributed by atoms with Gasteiger partial charge < -0.3 is 10.2 Å². The molecule has 0 atom stereocenters. The van der Waals surface area contributed by atoms with Gasteiger partial charge in [0.25, 0.3) is 0 Å². The molecule has 0 saturated heterocycles. The first-order chi connectivity index (χ1) is 15.1. The van der Waals surface area contributed by atoms with Crippen LogP contribution in [0.15, 0.2) is 71.8 Å². The van der Waals surface area contributed by atoms with Crippen molar-refractivity contribution in [2.75, 3.05) is 30.5 Å². The number of hydrogen-bond acceptors (Lipinski definition) is 5. The zero-order valence-electron chi connectivity index (χ0n) is 17.4. The number of rotatable bonds is 6. The molecule has 166 valence electrons. The van der Waals surface area contributed by atoms with Crippen molar-refractivity contribution in [3.63, 3.8) is 0 Å². The second kappa shape index (κ2) is 9.80. The van der Waals surface area contributed by atoms with Crippen molar-refractivity contribution in [3.05, 3.63) is 71.9 Å². The molecule has 3 amide bonds. The maximum Gasteiger partial charge on any atom is 0.323 e. The van der Waals surface area contributed by atoms with E-state index in [1.807, 2.05) is 0 Å². The van der Waals surface area contributed by atoms with Crippen LogP contribution >= 0.6 is 11.6 Å². The van der Waals surface area contributed by atoms with Gasteiger partial charge in [-0.2, -0.15) is 0 Å². The number of aromatic nitrogens is 1. The molecule has 0 bridgehead atoms. The molecule has 0 saturated carbocycles. The molecular weight excluding hydrogens is 452 g/mol. The maximum atomic E-state index is 12.3. The molecule has 10 heteroatoms. The smallest absolute Gasteiger partial charge is 0.323 e. The highest BCUT2D eigenvalue weighted by atomic mass is 35.5. The SMILES string of the molecule is CN(CC(=O)Nc1ccc(-c2ccccc2S(C)(=O)=O)cc1)C(=O)Nc1ccc(Cl)cn1. The van der Waals surface area contributed by atoms with Gasteiger partial charge in [-0.25, -0.2) is 18.2 Å². The van der Waals surface area contributed by atoms with Gasteiger partial charge in [-0.05, 0) is 35.9 Å². The number of carbonyl (C=O) groups excluding carboxylic acids is 2. The number of nitrogens with one attached hydrogen (secondary N) is 2. The van der Waals surface area contributed by atoms with E-state index in [1.165, 1.54) is 18.1 Å². The Labute approximate surface area is 191 Å². The summed E-state index contributed by atoms with van der Waals surface area (Å²) >= 11 is 5.76. The third-order valence-electron chi connectivity index (χ3n) is 4.46. The van der Waals surface area contributed by atoms with Crippen molar-refractivity contribution in [1.82, 2.24) is 9.88 Å². The second-order valence-corrected chi connectivity index (χ2v) is 9.46. The molecule has 0 radical (unpaired) electrons. The van der Waals surface area contributed by atoms with Crippen LogP contribution in [0.5, 0.6) is 0 Å². The van der Waals surface area contributed by atoms with Gasteiger partial charge in [-0.15, -0.1) is 0 Å². The van der Waals surface area contributed by atoms with Crippen LogP contribution in [0.2, 0.25) is 5.02 Å². The summed E-state index contributed by atoms with van der Waals surface area (Å²) in [6, 6.07) is 16.2. The number of sulfone groups is 1. The zero-order chi connectivity index (χ0) is 23.3. The third kappa shape index (κ3) is 6.05. The Hall–Kier alpha value is -3.43. The average molecular weight is 473 g/mol. The third-order valence-corrected chi connectivity index (χ3v) is 5.83. The van der Waals surface area contributed by atoms with Gasteiger partial charge >= 0.3 is 6.03 Å². The summed E-state index contributed by atoms with van der Waals surface area (Å²) in [6.45, 7) is -0.182. The van der Waals surface area contributed by atoms with Crippen LogP contribution in [-0.2, 0) is 14.6 Å². The molecule has 2 aromatic carbocycles. The fourth-order valence-electron chi connectivity index (χ4n) is 2.90. The Morgan fingerprint density at radius 1 is 1.00 bits per heavy atom. The number of halogens is 1. The van der Waals surface area contributed by atoms with Crippen molar-refractivity contribution in [2.24, 2.45) is 0 Å². The summed E-state index contributed by atoms with van der Waals surface area (Å²) in [6.07, 6.45) is 2.57. The second-order valence-electron chi connectivity index (χ2n) is 7.04. The lowest BCUT2D eigenvalue weighted by Gasteiger charge is -2.17. The summed E-state index contributed by atoms with van der Waals surface area (Å²) < 4.78 is 24.0. The van der Waals surface area contributed by atoms with Crippen LogP contribution < -0.4 is 10.6 Å². The highest BCUT2D eigenvalue weighted by molar-refractivity contribution is 7.90. The van der Waals surface area contributed by atoms with E-state index < -0.39 is 21.8 Å². The van der Waals surface area contributed by atoms with Gasteiger partial charge in [0.15, 0.2) is 9.84 Å². The van der Waals surface area contributed by atoms with E-state index in [0.29, 0.717) is 27.7 Å². The number of hydrogen-bond donors (Lipinski definition) is 2. The van der Waals surface area contributed by atoms with Gasteiger partial charge in [0.1, 0.15) is 12.4 Å². The first-order valence-electron chi connectivity index (χ1n) is 9.46. The lowest BCUT2D eigenvalue weighted by atomic mass is 10.1. The Kier molecular flexibility index (Phi) is 7.12. The molecule has 3 rings (SSSR count). The van der Waals surface area contributed by atoms with E-state index in [4.69, 9.17) is 11.6 Å². The van der Waals surface area contributed by atoms with Gasteiger partial charge in [0, 0.05) is 30.8 Å². The number of benzene rings is 2. The average Bonchev–Trinajstić information content (AvgIpc) is 2.75. The van der Waals surface area contributed by atoms with E-state index in [1.54, 1.807) is 60.7 Å². The van der Waals surface area contributed by atoms with E-state index >= 15 is 0 Å². The largest absolute Gasteiger partial charge is 0.325 e. The monoisotopic (exact) mass is 472 g/mol. The standard InChI is InChI=1S/C22H21ClN4O4S/c1-27(22(29)26-20-12-9-16(23)13-24-20)14-21(28)25-17-10-7-15(8-11-17)18-5-3-4-6-19(18)32(2,30)31/h3-13H,14H2,1-2H3,(H,25,28)(H,24,26,29). The van der Waals surface area contributed by atoms with Gasteiger partial charge in [0.05, 0.1) is 9.92 Å². The number of amides is 3. The van der Waals surface area contributed by atoms with Crippen LogP contribution in [0.4, 0.5) is 16.3 Å². The number of nitrogens with zero attached hydrogens (tertiary/aromatic N) is 2. The lowest BCUT2D eigenvalue weighted by Crippen LogP contribution is -2.37. The number of likely N-dealkylation sites (N-methyl/N-ethyl adjacent to an activating group) is 1. The first kappa shape index (κ1) is 23.2. The van der Waals surface area contributed by atoms with Gasteiger partial charge in [-0.1, -0.05) is 41.9 Å². The fourth-order valence-corrected chi connectivity index (χ4v) is 3.93. The van der Waals surface area contributed by atoms with Crippen molar-refractivity contribution in [3.8, 4) is 11.1 Å². The molecule has 0 aliphatic carbocycles. The molecule has 3 aromatic rings. The summed E-state index contributed by atoms with van der Waals surface area (Å²) in [5, 5.41) is 5.73. The molecule has 0 aliphatic heterocycles. The highest BCUT2D eigenvalue weighted by Crippen LogP contribution is 2.28. The Morgan fingerprint density at radius 2 is 1.69 bits per heavy atom. The van der Waals surface area contributed by atoms with E-state index in [2.05, 4.69) is 15.6 Å². The summed E-state index contributed by atoms with van der Waals surface area (Å²) in [5.74, 6) is -0.0763. The quantitative estimate of drug-likeness (QED) is 0.565. The molecule has 8 nitrogen and oxygen atoms in total. The fraction of sp³-hybridized carbons (Fsp3) is 0.136. The molecule has 2 N–H and O–H groups in total. The van der Waals surface area contributed by atoms with Gasteiger partial charge in [-0.3, -0.25) is 10.1 Å². The minimum Gasteiger partial charge on any atom is -0.325 e. The molecule has 0 spiro atoms. The molecule has 0 fully saturated rings. The van der Waals surface area contributed by atoms with Crippen LogP contribution in [0.3, 0.4) is 0 Å². The van der Waals surface area contributed by atoms with E-state index in [-0.39, 0.29) is 11.4 Å². The first-order valence-corrected chi connectivity index (χ1v) is 11.7. The molecular formula is C22H21ClN4O4S. The predicted octanol–water partition coefficient (Wildman–Crippen LogP) is 3.91. The normalized spacial score (nSPS) is 11.0. The van der Waals surface area contributed by atoms with Crippen LogP contribution in [-0.4, -0.2) is 50.1 Å². The number of pyridine rings is 1. The Balaban J connectivity index is 1.61. The molecule has 0 aliphatic rings. The molecule has 0 unspecified atom stereocenters. The molecule has 32 heavy (non-hydrogen) atoms. The topological polar surface area (TPSA) is 108 Å². The Bertz CT molecular complexity index is 1230. The van der Waals surface area contributed by atoms with Gasteiger partial charge in [0.2, 0.25) is 5.91 Å². The number of urea groups is 1. The van der Waals surface area contributed by atoms with Crippen LogP contribution in [0, 0.1) is 0 Å². The van der Waals surface area contributed by atoms with Crippen molar-refractivity contribution < 1.29 is 18.0 Å². The summed E-state index contributed by atoms with van der Waals surface area (Å²) in [4.78, 5) is 30.0. The highest BCUT2D eigenvalue weighted by Gasteiger charge is 2.15. The number of anilines is 2. The van der Waals surface area contributed by atoms with Crippen LogP contribution in [0.1, 0.15) is 0 Å². The lowest BCUT2D eigenvalue weighted by molar-refractivity contribution is -0.116. The summed E-state index contributed by atoms with van der Waals surface area (Å²) in [7, 11) is -1.90. The Morgan fingerprint density at radius 3 is 2.31 bits per heavy atom. The molecule has 1 aromatic heterocycles. The van der Waals surface area contributed by atoms with E-state index in [0.717, 1.165) is 6.26 Å². The van der Waals surface area contributed by atoms with Crippen molar-refractivity contribution in [2.45, 2.75) is 4.90 Å². The van der Waals surface area contributed by atoms with Crippen LogP contribution in [0.25, 0.3) is 11.1 Å². The zero-order valence-corrected chi connectivity index (χ0v) is 18.9. The number of carbonyl (C=O) groups is 2. The van der Waals surface area contributed by atoms with E-state index in [9.17, 15) is 18.0 Å². The minimum absolute atomic E-state index is 0.182. The summed E-state index contributed by atoms with van der Waals surface area (Å²) in [5.41, 5.74) is 1.81. The predicted molar refractivity (Wildman–Crippen MR) is 125 cm³/mol. The molecule has 1 heterocycles. The maximum absolute atomic E-state index is 12.3. The minimum atomic E-state index is -3.38.